The third kappa shape index (κ3) is 7.51. The molecule has 0 saturated carbocycles. The van der Waals surface area contributed by atoms with Gasteiger partial charge < -0.3 is 30.1 Å². The monoisotopic (exact) mass is 516 g/mol. The van der Waals surface area contributed by atoms with Gasteiger partial charge in [0.15, 0.2) is 11.5 Å². The van der Waals surface area contributed by atoms with E-state index in [1.54, 1.807) is 18.2 Å². The first-order chi connectivity index (χ1) is 17.1. The van der Waals surface area contributed by atoms with Crippen molar-refractivity contribution in [3.8, 4) is 23.0 Å². The summed E-state index contributed by atoms with van der Waals surface area (Å²) in [6.07, 6.45) is 1.02. The third-order valence-electron chi connectivity index (χ3n) is 5.61. The lowest BCUT2D eigenvalue weighted by molar-refractivity contribution is 0.167. The molecule has 10 heteroatoms. The van der Waals surface area contributed by atoms with Crippen molar-refractivity contribution in [2.45, 2.75) is 25.0 Å². The molecule has 3 aromatic rings. The van der Waals surface area contributed by atoms with Crippen molar-refractivity contribution in [3.63, 3.8) is 0 Å². The number of ether oxygens (including phenoxy) is 2. The average Bonchev–Trinajstić information content (AvgIpc) is 2.84. The minimum Gasteiger partial charge on any atom is -0.506 e. The maximum Gasteiger partial charge on any atom is 0.229 e. The molecular weight excluding hydrogens is 484 g/mol. The van der Waals surface area contributed by atoms with Crippen LogP contribution in [0.4, 0.5) is 5.69 Å². The molecule has 0 amide bonds. The van der Waals surface area contributed by atoms with Crippen molar-refractivity contribution in [2.24, 2.45) is 0 Å². The Morgan fingerprint density at radius 3 is 2.11 bits per heavy atom. The Bertz CT molecular complexity index is 1240. The van der Waals surface area contributed by atoms with Crippen LogP contribution in [0.1, 0.15) is 22.7 Å². The van der Waals surface area contributed by atoms with Gasteiger partial charge in [-0.2, -0.15) is 0 Å². The lowest BCUT2D eigenvalue weighted by atomic mass is 9.97. The number of aromatic hydroxyl groups is 2. The highest BCUT2D eigenvalue weighted by Crippen LogP contribution is 2.39. The van der Waals surface area contributed by atoms with Crippen LogP contribution in [0.2, 0.25) is 0 Å². The topological polar surface area (TPSA) is 137 Å². The summed E-state index contributed by atoms with van der Waals surface area (Å²) in [5.41, 5.74) is 2.59. The molecular formula is C26H32N2O7S. The number of phenolic OH excluding ortho intramolecular Hbond substituents is 2. The van der Waals surface area contributed by atoms with Crippen molar-refractivity contribution in [1.82, 2.24) is 5.32 Å². The van der Waals surface area contributed by atoms with Gasteiger partial charge in [-0.15, -0.1) is 0 Å². The minimum absolute atomic E-state index is 0.0559. The van der Waals surface area contributed by atoms with Crippen LogP contribution in [-0.4, -0.2) is 56.9 Å². The SMILES string of the molecule is COc1cc([C@@H](Cc2ccccc2)NC[C@@H](O)Cc2ccc(O)c(NS(C)(=O)=O)c2)cc(OC)c1O. The fourth-order valence-corrected chi connectivity index (χ4v) is 4.45. The highest BCUT2D eigenvalue weighted by atomic mass is 32.2. The van der Waals surface area contributed by atoms with E-state index < -0.39 is 16.1 Å². The van der Waals surface area contributed by atoms with Crippen LogP contribution in [0, 0.1) is 0 Å². The van der Waals surface area contributed by atoms with Gasteiger partial charge in [0.25, 0.3) is 0 Å². The Balaban J connectivity index is 1.79. The van der Waals surface area contributed by atoms with Crippen molar-refractivity contribution >= 4 is 15.7 Å². The Morgan fingerprint density at radius 1 is 0.889 bits per heavy atom. The van der Waals surface area contributed by atoms with Crippen molar-refractivity contribution in [3.05, 3.63) is 77.4 Å². The fraction of sp³-hybridized carbons (Fsp3) is 0.308. The molecule has 2 atom stereocenters. The molecule has 0 saturated heterocycles. The van der Waals surface area contributed by atoms with Gasteiger partial charge in [-0.05, 0) is 53.8 Å². The van der Waals surface area contributed by atoms with Crippen LogP contribution in [0.3, 0.4) is 0 Å². The van der Waals surface area contributed by atoms with E-state index >= 15 is 0 Å². The normalized spacial score (nSPS) is 13.1. The Kier molecular flexibility index (Phi) is 9.03. The van der Waals surface area contributed by atoms with E-state index in [1.807, 2.05) is 30.3 Å². The van der Waals surface area contributed by atoms with Gasteiger partial charge in [0.2, 0.25) is 15.8 Å². The van der Waals surface area contributed by atoms with E-state index in [0.29, 0.717) is 12.0 Å². The second kappa shape index (κ2) is 12.0. The molecule has 0 bridgehead atoms. The van der Waals surface area contributed by atoms with E-state index in [1.165, 1.54) is 26.4 Å². The van der Waals surface area contributed by atoms with Gasteiger partial charge in [0, 0.05) is 12.6 Å². The molecule has 0 unspecified atom stereocenters. The first-order valence-electron chi connectivity index (χ1n) is 11.3. The van der Waals surface area contributed by atoms with E-state index in [2.05, 4.69) is 10.0 Å². The van der Waals surface area contributed by atoms with Crippen molar-refractivity contribution in [1.29, 1.82) is 0 Å². The molecule has 0 heterocycles. The van der Waals surface area contributed by atoms with Crippen LogP contribution in [0.15, 0.2) is 60.7 Å². The lowest BCUT2D eigenvalue weighted by Crippen LogP contribution is -2.32. The number of anilines is 1. The van der Waals surface area contributed by atoms with Gasteiger partial charge in [-0.25, -0.2) is 8.42 Å². The Morgan fingerprint density at radius 2 is 1.53 bits per heavy atom. The minimum atomic E-state index is -3.56. The first kappa shape index (κ1) is 27.1. The maximum absolute atomic E-state index is 11.5. The summed E-state index contributed by atoms with van der Waals surface area (Å²) < 4.78 is 36.0. The van der Waals surface area contributed by atoms with Crippen LogP contribution >= 0.6 is 0 Å². The molecule has 0 spiro atoms. The third-order valence-corrected chi connectivity index (χ3v) is 6.21. The van der Waals surface area contributed by atoms with E-state index in [-0.39, 0.29) is 47.7 Å². The Labute approximate surface area is 211 Å². The molecule has 3 aromatic carbocycles. The highest BCUT2D eigenvalue weighted by Gasteiger charge is 2.20. The molecule has 3 rings (SSSR count). The van der Waals surface area contributed by atoms with Gasteiger partial charge in [-0.1, -0.05) is 36.4 Å². The number of aliphatic hydroxyl groups is 1. The average molecular weight is 517 g/mol. The van der Waals surface area contributed by atoms with Crippen molar-refractivity contribution < 1.29 is 33.2 Å². The Hall–Kier alpha value is -3.47. The molecule has 36 heavy (non-hydrogen) atoms. The standard InChI is InChI=1S/C26H32N2O7S/c1-34-24-14-19(15-25(35-2)26(24)31)21(12-17-7-5-4-6-8-17)27-16-20(29)11-18-9-10-23(30)22(13-18)28-36(3,32)33/h4-10,13-15,20-21,27-31H,11-12,16H2,1-3H3/t20-,21+/m0/s1. The zero-order chi connectivity index (χ0) is 26.3. The maximum atomic E-state index is 11.5. The fourth-order valence-electron chi connectivity index (χ4n) is 3.89. The van der Waals surface area contributed by atoms with E-state index in [0.717, 1.165) is 17.4 Å². The number of nitrogens with one attached hydrogen (secondary N) is 2. The molecule has 0 aliphatic rings. The summed E-state index contributed by atoms with van der Waals surface area (Å²) in [5.74, 6) is 0.266. The number of benzene rings is 3. The van der Waals surface area contributed by atoms with Crippen LogP contribution in [-0.2, 0) is 22.9 Å². The second-order valence-corrected chi connectivity index (χ2v) is 10.3. The zero-order valence-corrected chi connectivity index (χ0v) is 21.2. The number of aliphatic hydroxyl groups excluding tert-OH is 1. The molecule has 0 fully saturated rings. The summed E-state index contributed by atoms with van der Waals surface area (Å²) in [6, 6.07) is 17.6. The largest absolute Gasteiger partial charge is 0.506 e. The first-order valence-corrected chi connectivity index (χ1v) is 13.2. The lowest BCUT2D eigenvalue weighted by Gasteiger charge is -2.23. The number of methoxy groups -OCH3 is 2. The van der Waals surface area contributed by atoms with E-state index in [9.17, 15) is 23.7 Å². The number of hydrogen-bond acceptors (Lipinski definition) is 8. The van der Waals surface area contributed by atoms with E-state index in [4.69, 9.17) is 9.47 Å². The molecule has 9 nitrogen and oxygen atoms in total. The molecule has 5 N–H and O–H groups in total. The number of sulfonamides is 1. The summed E-state index contributed by atoms with van der Waals surface area (Å²) in [5, 5.41) is 34.4. The van der Waals surface area contributed by atoms with Gasteiger partial charge in [0.05, 0.1) is 32.3 Å². The number of phenols is 2. The second-order valence-electron chi connectivity index (χ2n) is 8.51. The molecule has 194 valence electrons. The number of hydrogen-bond donors (Lipinski definition) is 5. The molecule has 0 aliphatic heterocycles. The predicted molar refractivity (Wildman–Crippen MR) is 138 cm³/mol. The molecule has 0 aliphatic carbocycles. The number of rotatable bonds is 12. The highest BCUT2D eigenvalue weighted by molar-refractivity contribution is 7.92. The predicted octanol–water partition coefficient (Wildman–Crippen LogP) is 2.96. The van der Waals surface area contributed by atoms with Gasteiger partial charge in [-0.3, -0.25) is 4.72 Å². The molecule has 0 aromatic heterocycles. The van der Waals surface area contributed by atoms with Gasteiger partial charge in [0.1, 0.15) is 5.75 Å². The van der Waals surface area contributed by atoms with Gasteiger partial charge >= 0.3 is 0 Å². The summed E-state index contributed by atoms with van der Waals surface area (Å²) in [7, 11) is -0.636. The van der Waals surface area contributed by atoms with Crippen LogP contribution in [0.25, 0.3) is 0 Å². The summed E-state index contributed by atoms with van der Waals surface area (Å²) in [6.45, 7) is 0.221. The molecule has 0 radical (unpaired) electrons. The smallest absolute Gasteiger partial charge is 0.229 e. The van der Waals surface area contributed by atoms with Crippen LogP contribution in [0.5, 0.6) is 23.0 Å². The zero-order valence-electron chi connectivity index (χ0n) is 20.4. The van der Waals surface area contributed by atoms with Crippen molar-refractivity contribution in [2.75, 3.05) is 31.7 Å². The van der Waals surface area contributed by atoms with Crippen LogP contribution < -0.4 is 19.5 Å². The summed E-state index contributed by atoms with van der Waals surface area (Å²) >= 11 is 0. The quantitative estimate of drug-likeness (QED) is 0.232. The summed E-state index contributed by atoms with van der Waals surface area (Å²) in [4.78, 5) is 0.